The van der Waals surface area contributed by atoms with Crippen LogP contribution in [-0.2, 0) is 4.79 Å². The predicted octanol–water partition coefficient (Wildman–Crippen LogP) is 2.19. The normalized spacial score (nSPS) is 40.6. The number of nitrogens with zero attached hydrogens (tertiary/aromatic N) is 1. The molecule has 3 unspecified atom stereocenters. The molecule has 0 saturated heterocycles. The van der Waals surface area contributed by atoms with Crippen LogP contribution in [0, 0.1) is 17.8 Å². The van der Waals surface area contributed by atoms with Crippen LogP contribution in [0.4, 0.5) is 0 Å². The van der Waals surface area contributed by atoms with Crippen molar-refractivity contribution in [3.63, 3.8) is 0 Å². The first-order valence-corrected chi connectivity index (χ1v) is 7.81. The second-order valence-electron chi connectivity index (χ2n) is 6.63. The minimum absolute atomic E-state index is 0.280. The summed E-state index contributed by atoms with van der Waals surface area (Å²) < 4.78 is 0. The fraction of sp³-hybridized carbons (Fsp3) is 0.812. The van der Waals surface area contributed by atoms with Gasteiger partial charge in [0.1, 0.15) is 0 Å². The van der Waals surface area contributed by atoms with E-state index in [-0.39, 0.29) is 5.92 Å². The van der Waals surface area contributed by atoms with Gasteiger partial charge in [-0.1, -0.05) is 12.2 Å². The monoisotopic (exact) mass is 262 g/mol. The third-order valence-electron chi connectivity index (χ3n) is 5.60. The van der Waals surface area contributed by atoms with E-state index in [1.807, 2.05) is 14.1 Å². The van der Waals surface area contributed by atoms with Crippen molar-refractivity contribution < 1.29 is 4.79 Å². The smallest absolute Gasteiger partial charge is 0.226 e. The fourth-order valence-corrected chi connectivity index (χ4v) is 4.26. The minimum Gasteiger partial charge on any atom is -0.343 e. The average Bonchev–Trinajstić information content (AvgIpc) is 3.08. The standard InChI is InChI=1S/C16H26N2O/c1-17-13-5-7-14(8-6-13)18(2)16(19)15-10-11-3-4-12(15)9-11/h3-4,11-15,17H,5-10H2,1-2H3. The number of fused-ring (bicyclic) bond motifs is 2. The lowest BCUT2D eigenvalue weighted by Crippen LogP contribution is -2.45. The van der Waals surface area contributed by atoms with E-state index < -0.39 is 0 Å². The Balaban J connectivity index is 1.57. The summed E-state index contributed by atoms with van der Waals surface area (Å²) in [5.41, 5.74) is 0. The van der Waals surface area contributed by atoms with Crippen LogP contribution in [0.25, 0.3) is 0 Å². The van der Waals surface area contributed by atoms with Gasteiger partial charge in [-0.2, -0.15) is 0 Å². The summed E-state index contributed by atoms with van der Waals surface area (Å²) in [5, 5.41) is 3.36. The van der Waals surface area contributed by atoms with Gasteiger partial charge in [-0.3, -0.25) is 4.79 Å². The molecule has 0 aromatic carbocycles. The zero-order valence-corrected chi connectivity index (χ0v) is 12.1. The number of hydrogen-bond donors (Lipinski definition) is 1. The van der Waals surface area contributed by atoms with Crippen molar-refractivity contribution in [1.82, 2.24) is 10.2 Å². The van der Waals surface area contributed by atoms with Gasteiger partial charge in [0.25, 0.3) is 0 Å². The first-order valence-electron chi connectivity index (χ1n) is 7.81. The van der Waals surface area contributed by atoms with Crippen molar-refractivity contribution in [3.8, 4) is 0 Å². The molecule has 3 heteroatoms. The summed E-state index contributed by atoms with van der Waals surface area (Å²) in [7, 11) is 4.07. The molecule has 3 aliphatic rings. The molecule has 0 aromatic heterocycles. The van der Waals surface area contributed by atoms with Gasteiger partial charge in [-0.05, 0) is 57.4 Å². The summed E-state index contributed by atoms with van der Waals surface area (Å²) in [4.78, 5) is 14.7. The van der Waals surface area contributed by atoms with Crippen LogP contribution in [0.15, 0.2) is 12.2 Å². The van der Waals surface area contributed by atoms with Crippen LogP contribution in [0.3, 0.4) is 0 Å². The number of nitrogens with one attached hydrogen (secondary N) is 1. The Morgan fingerprint density at radius 3 is 2.42 bits per heavy atom. The maximum absolute atomic E-state index is 12.7. The molecule has 2 fully saturated rings. The van der Waals surface area contributed by atoms with Crippen molar-refractivity contribution in [1.29, 1.82) is 0 Å². The third kappa shape index (κ3) is 2.45. The van der Waals surface area contributed by atoms with E-state index in [2.05, 4.69) is 22.4 Å². The molecule has 0 aromatic rings. The molecule has 3 rings (SSSR count). The number of rotatable bonds is 3. The molecule has 19 heavy (non-hydrogen) atoms. The largest absolute Gasteiger partial charge is 0.343 e. The molecule has 0 radical (unpaired) electrons. The number of carbonyl (C=O) groups is 1. The SMILES string of the molecule is CNC1CCC(N(C)C(=O)C2CC3C=CC2C3)CC1. The van der Waals surface area contributed by atoms with Gasteiger partial charge in [0.2, 0.25) is 5.91 Å². The summed E-state index contributed by atoms with van der Waals surface area (Å²) in [5.74, 6) is 1.91. The Kier molecular flexibility index (Phi) is 3.66. The van der Waals surface area contributed by atoms with Crippen LogP contribution in [0.1, 0.15) is 38.5 Å². The van der Waals surface area contributed by atoms with Crippen LogP contribution in [0.2, 0.25) is 0 Å². The molecule has 106 valence electrons. The molecule has 3 aliphatic carbocycles. The van der Waals surface area contributed by atoms with Crippen LogP contribution in [0.5, 0.6) is 0 Å². The van der Waals surface area contributed by atoms with Crippen LogP contribution >= 0.6 is 0 Å². The summed E-state index contributed by atoms with van der Waals surface area (Å²) in [6.07, 6.45) is 11.6. The summed E-state index contributed by atoms with van der Waals surface area (Å²) in [6, 6.07) is 1.13. The van der Waals surface area contributed by atoms with E-state index in [0.29, 0.717) is 29.8 Å². The van der Waals surface area contributed by atoms with Gasteiger partial charge in [0.05, 0.1) is 0 Å². The predicted molar refractivity (Wildman–Crippen MR) is 76.7 cm³/mol. The van der Waals surface area contributed by atoms with E-state index in [9.17, 15) is 4.79 Å². The topological polar surface area (TPSA) is 32.3 Å². The Bertz CT molecular complexity index is 371. The Morgan fingerprint density at radius 1 is 1.16 bits per heavy atom. The van der Waals surface area contributed by atoms with Crippen molar-refractivity contribution in [3.05, 3.63) is 12.2 Å². The van der Waals surface area contributed by atoms with Crippen molar-refractivity contribution in [2.75, 3.05) is 14.1 Å². The Hall–Kier alpha value is -0.830. The van der Waals surface area contributed by atoms with Crippen molar-refractivity contribution in [2.24, 2.45) is 17.8 Å². The molecule has 1 amide bonds. The highest BCUT2D eigenvalue weighted by atomic mass is 16.2. The summed E-state index contributed by atoms with van der Waals surface area (Å²) in [6.45, 7) is 0. The maximum atomic E-state index is 12.7. The van der Waals surface area contributed by atoms with E-state index in [1.165, 1.54) is 19.3 Å². The fourth-order valence-electron chi connectivity index (χ4n) is 4.26. The van der Waals surface area contributed by atoms with Gasteiger partial charge in [-0.15, -0.1) is 0 Å². The van der Waals surface area contributed by atoms with E-state index in [1.54, 1.807) is 0 Å². The second-order valence-corrected chi connectivity index (χ2v) is 6.63. The van der Waals surface area contributed by atoms with E-state index >= 15 is 0 Å². The Labute approximate surface area is 116 Å². The highest BCUT2D eigenvalue weighted by molar-refractivity contribution is 5.80. The zero-order chi connectivity index (χ0) is 13.4. The van der Waals surface area contributed by atoms with Crippen molar-refractivity contribution in [2.45, 2.75) is 50.6 Å². The number of amides is 1. The molecule has 0 spiro atoms. The Morgan fingerprint density at radius 2 is 1.89 bits per heavy atom. The molecule has 3 nitrogen and oxygen atoms in total. The van der Waals surface area contributed by atoms with E-state index in [0.717, 1.165) is 19.3 Å². The maximum Gasteiger partial charge on any atom is 0.226 e. The molecule has 2 bridgehead atoms. The highest BCUT2D eigenvalue weighted by Gasteiger charge is 2.42. The minimum atomic E-state index is 0.280. The van der Waals surface area contributed by atoms with Crippen molar-refractivity contribution >= 4 is 5.91 Å². The van der Waals surface area contributed by atoms with Gasteiger partial charge in [-0.25, -0.2) is 0 Å². The lowest BCUT2D eigenvalue weighted by Gasteiger charge is -2.36. The van der Waals surface area contributed by atoms with Crippen LogP contribution < -0.4 is 5.32 Å². The first kappa shape index (κ1) is 13.2. The van der Waals surface area contributed by atoms with Gasteiger partial charge in [0, 0.05) is 25.0 Å². The number of allylic oxidation sites excluding steroid dienone is 2. The average molecular weight is 262 g/mol. The van der Waals surface area contributed by atoms with Crippen LogP contribution in [-0.4, -0.2) is 37.0 Å². The quantitative estimate of drug-likeness (QED) is 0.791. The lowest BCUT2D eigenvalue weighted by molar-refractivity contribution is -0.137. The molecular formula is C16H26N2O. The molecule has 0 aliphatic heterocycles. The number of hydrogen-bond acceptors (Lipinski definition) is 2. The first-order chi connectivity index (χ1) is 9.19. The molecule has 3 atom stereocenters. The highest BCUT2D eigenvalue weighted by Crippen LogP contribution is 2.44. The summed E-state index contributed by atoms with van der Waals surface area (Å²) >= 11 is 0. The van der Waals surface area contributed by atoms with Gasteiger partial charge in [0.15, 0.2) is 0 Å². The molecule has 0 heterocycles. The third-order valence-corrected chi connectivity index (χ3v) is 5.60. The molecule has 1 N–H and O–H groups in total. The second kappa shape index (κ2) is 5.28. The lowest BCUT2D eigenvalue weighted by atomic mass is 9.88. The molecular weight excluding hydrogens is 236 g/mol. The van der Waals surface area contributed by atoms with Gasteiger partial charge < -0.3 is 10.2 Å². The van der Waals surface area contributed by atoms with Gasteiger partial charge >= 0.3 is 0 Å². The zero-order valence-electron chi connectivity index (χ0n) is 12.1. The molecule has 2 saturated carbocycles. The van der Waals surface area contributed by atoms with E-state index in [4.69, 9.17) is 0 Å². The number of carbonyl (C=O) groups excluding carboxylic acids is 1.